The molecule has 0 bridgehead atoms. The summed E-state index contributed by atoms with van der Waals surface area (Å²) in [5, 5.41) is 20.6. The van der Waals surface area contributed by atoms with Crippen molar-refractivity contribution in [2.24, 2.45) is 5.18 Å². The molecule has 0 aliphatic rings. The topological polar surface area (TPSA) is 82.8 Å². The van der Waals surface area contributed by atoms with Gasteiger partial charge in [-0.25, -0.2) is 0 Å². The predicted molar refractivity (Wildman–Crippen MR) is 46.3 cm³/mol. The monoisotopic (exact) mass is 182 g/mol. The summed E-state index contributed by atoms with van der Waals surface area (Å²) >= 11 is 0. The lowest BCUT2D eigenvalue weighted by atomic mass is 10.1. The summed E-state index contributed by atoms with van der Waals surface area (Å²) in [5.41, 5.74) is 1.36. The maximum atomic E-state index is 10.4. The lowest BCUT2D eigenvalue weighted by Crippen LogP contribution is -1.98. The minimum atomic E-state index is -0.319. The Morgan fingerprint density at radius 3 is 2.62 bits per heavy atom. The molecule has 0 aliphatic heterocycles. The van der Waals surface area contributed by atoms with Crippen LogP contribution in [0.1, 0.15) is 16.8 Å². The van der Waals surface area contributed by atoms with Gasteiger partial charge in [0.05, 0.1) is 18.9 Å². The van der Waals surface area contributed by atoms with Gasteiger partial charge in [-0.2, -0.15) is 0 Å². The van der Waals surface area contributed by atoms with Crippen molar-refractivity contribution in [1.29, 1.82) is 0 Å². The average Bonchev–Trinajstić information content (AvgIpc) is 2.17. The third kappa shape index (κ3) is 1.71. The van der Waals surface area contributed by atoms with Crippen molar-refractivity contribution in [2.45, 2.75) is 20.1 Å². The number of aliphatic hydroxyl groups excluding tert-OH is 2. The van der Waals surface area contributed by atoms with Crippen molar-refractivity contribution in [2.75, 3.05) is 0 Å². The van der Waals surface area contributed by atoms with Crippen LogP contribution in [0.15, 0.2) is 11.4 Å². The van der Waals surface area contributed by atoms with Crippen LogP contribution in [0.2, 0.25) is 0 Å². The molecule has 0 atom stereocenters. The highest BCUT2D eigenvalue weighted by Crippen LogP contribution is 2.25. The summed E-state index contributed by atoms with van der Waals surface area (Å²) in [6, 6.07) is 0. The Labute approximate surface area is 75.0 Å². The molecule has 0 amide bonds. The predicted octanol–water partition coefficient (Wildman–Crippen LogP) is 0.773. The van der Waals surface area contributed by atoms with E-state index >= 15 is 0 Å². The Balaban J connectivity index is 3.36. The summed E-state index contributed by atoms with van der Waals surface area (Å²) < 4.78 is 0. The van der Waals surface area contributed by atoms with Crippen molar-refractivity contribution in [1.82, 2.24) is 4.98 Å². The van der Waals surface area contributed by atoms with Crippen molar-refractivity contribution < 1.29 is 10.2 Å². The number of aromatic nitrogens is 1. The molecule has 0 saturated carbocycles. The highest BCUT2D eigenvalue weighted by atomic mass is 16.3. The van der Waals surface area contributed by atoms with Crippen LogP contribution in [0.3, 0.4) is 0 Å². The summed E-state index contributed by atoms with van der Waals surface area (Å²) in [6.07, 6.45) is 1.43. The van der Waals surface area contributed by atoms with Gasteiger partial charge < -0.3 is 10.2 Å². The van der Waals surface area contributed by atoms with Crippen LogP contribution in [0.25, 0.3) is 0 Å². The second kappa shape index (κ2) is 4.06. The quantitative estimate of drug-likeness (QED) is 0.676. The molecule has 1 aromatic heterocycles. The Kier molecular flexibility index (Phi) is 3.05. The number of nitrogens with zero attached hydrogens (tertiary/aromatic N) is 2. The molecule has 5 nitrogen and oxygen atoms in total. The summed E-state index contributed by atoms with van der Waals surface area (Å²) in [4.78, 5) is 14.3. The van der Waals surface area contributed by atoms with Gasteiger partial charge in [0, 0.05) is 17.3 Å². The summed E-state index contributed by atoms with van der Waals surface area (Å²) in [7, 11) is 0. The van der Waals surface area contributed by atoms with E-state index in [-0.39, 0.29) is 18.9 Å². The Morgan fingerprint density at radius 1 is 1.46 bits per heavy atom. The number of pyridine rings is 1. The molecule has 0 aromatic carbocycles. The minimum absolute atomic E-state index is 0.119. The van der Waals surface area contributed by atoms with Gasteiger partial charge in [-0.15, -0.1) is 4.91 Å². The average molecular weight is 182 g/mol. The second-order valence-corrected chi connectivity index (χ2v) is 2.60. The smallest absolute Gasteiger partial charge is 0.135 e. The fourth-order valence-corrected chi connectivity index (χ4v) is 1.12. The van der Waals surface area contributed by atoms with Gasteiger partial charge in [-0.1, -0.05) is 0 Å². The van der Waals surface area contributed by atoms with Gasteiger partial charge in [0.15, 0.2) is 0 Å². The van der Waals surface area contributed by atoms with E-state index in [9.17, 15) is 4.91 Å². The molecule has 1 rings (SSSR count). The molecule has 13 heavy (non-hydrogen) atoms. The molecule has 0 unspecified atom stereocenters. The zero-order chi connectivity index (χ0) is 9.84. The van der Waals surface area contributed by atoms with Crippen LogP contribution < -0.4 is 0 Å². The first-order valence-corrected chi connectivity index (χ1v) is 3.77. The van der Waals surface area contributed by atoms with Crippen LogP contribution in [0.4, 0.5) is 5.69 Å². The Bertz CT molecular complexity index is 325. The Hall–Kier alpha value is -1.33. The fraction of sp³-hybridized carbons (Fsp3) is 0.375. The van der Waals surface area contributed by atoms with E-state index in [0.29, 0.717) is 16.8 Å². The molecule has 2 N–H and O–H groups in total. The highest BCUT2D eigenvalue weighted by molar-refractivity contribution is 5.52. The van der Waals surface area contributed by atoms with Crippen LogP contribution in [-0.2, 0) is 13.2 Å². The number of hydrogen-bond acceptors (Lipinski definition) is 5. The van der Waals surface area contributed by atoms with E-state index in [1.165, 1.54) is 6.20 Å². The SMILES string of the molecule is Cc1ncc(CO)c(CO)c1N=O. The van der Waals surface area contributed by atoms with Crippen LogP contribution in [-0.4, -0.2) is 15.2 Å². The van der Waals surface area contributed by atoms with E-state index in [1.54, 1.807) is 6.92 Å². The van der Waals surface area contributed by atoms with Crippen molar-refractivity contribution in [3.05, 3.63) is 27.9 Å². The summed E-state index contributed by atoms with van der Waals surface area (Å²) in [5.74, 6) is 0. The van der Waals surface area contributed by atoms with Crippen LogP contribution in [0, 0.1) is 11.8 Å². The molecule has 70 valence electrons. The molecule has 0 spiro atoms. The number of rotatable bonds is 3. The number of aryl methyl sites for hydroxylation is 1. The standard InChI is InChI=1S/C8H10N2O3/c1-5-8(10-13)7(4-12)6(3-11)2-9-5/h2,11-12H,3-4H2,1H3. The van der Waals surface area contributed by atoms with Gasteiger partial charge >= 0.3 is 0 Å². The zero-order valence-corrected chi connectivity index (χ0v) is 7.19. The molecule has 1 aromatic rings. The van der Waals surface area contributed by atoms with Gasteiger partial charge in [-0.3, -0.25) is 4.98 Å². The minimum Gasteiger partial charge on any atom is -0.392 e. The van der Waals surface area contributed by atoms with Gasteiger partial charge in [0.25, 0.3) is 0 Å². The molecule has 5 heteroatoms. The van der Waals surface area contributed by atoms with E-state index in [1.807, 2.05) is 0 Å². The van der Waals surface area contributed by atoms with Gasteiger partial charge in [0.2, 0.25) is 0 Å². The zero-order valence-electron chi connectivity index (χ0n) is 7.19. The van der Waals surface area contributed by atoms with E-state index < -0.39 is 0 Å². The molecule has 1 heterocycles. The third-order valence-electron chi connectivity index (χ3n) is 1.85. The second-order valence-electron chi connectivity index (χ2n) is 2.60. The van der Waals surface area contributed by atoms with Crippen LogP contribution in [0.5, 0.6) is 0 Å². The van der Waals surface area contributed by atoms with Gasteiger partial charge in [-0.05, 0) is 12.1 Å². The van der Waals surface area contributed by atoms with Crippen molar-refractivity contribution in [3.63, 3.8) is 0 Å². The lowest BCUT2D eigenvalue weighted by Gasteiger charge is -2.07. The first-order chi connectivity index (χ1) is 6.24. The molecule has 0 aliphatic carbocycles. The molecule has 0 fully saturated rings. The lowest BCUT2D eigenvalue weighted by molar-refractivity contribution is 0.260. The molecule has 0 radical (unpaired) electrons. The normalized spacial score (nSPS) is 10.1. The first-order valence-electron chi connectivity index (χ1n) is 3.77. The number of hydrogen-bond donors (Lipinski definition) is 2. The van der Waals surface area contributed by atoms with E-state index in [2.05, 4.69) is 10.2 Å². The van der Waals surface area contributed by atoms with E-state index in [0.717, 1.165) is 0 Å². The number of aliphatic hydroxyl groups is 2. The van der Waals surface area contributed by atoms with Gasteiger partial charge in [0.1, 0.15) is 5.69 Å². The van der Waals surface area contributed by atoms with Crippen molar-refractivity contribution in [3.8, 4) is 0 Å². The molecule has 0 saturated heterocycles. The van der Waals surface area contributed by atoms with E-state index in [4.69, 9.17) is 10.2 Å². The summed E-state index contributed by atoms with van der Waals surface area (Å²) in [6.45, 7) is 1.04. The fourth-order valence-electron chi connectivity index (χ4n) is 1.12. The maximum Gasteiger partial charge on any atom is 0.135 e. The number of nitroso groups, excluding NO2 is 1. The third-order valence-corrected chi connectivity index (χ3v) is 1.85. The van der Waals surface area contributed by atoms with Crippen molar-refractivity contribution >= 4 is 5.69 Å². The highest BCUT2D eigenvalue weighted by Gasteiger charge is 2.11. The Morgan fingerprint density at radius 2 is 2.15 bits per heavy atom. The molecular formula is C8H10N2O3. The molecular weight excluding hydrogens is 172 g/mol. The first kappa shape index (κ1) is 9.76. The van der Waals surface area contributed by atoms with Crippen LogP contribution >= 0.6 is 0 Å². The largest absolute Gasteiger partial charge is 0.392 e. The maximum absolute atomic E-state index is 10.4.